The fourth-order valence-electron chi connectivity index (χ4n) is 2.27. The summed E-state index contributed by atoms with van der Waals surface area (Å²) in [5.74, 6) is 8.80. The molecule has 26 heavy (non-hydrogen) atoms. The van der Waals surface area contributed by atoms with E-state index in [1.807, 2.05) is 0 Å². The van der Waals surface area contributed by atoms with Crippen LogP contribution in [-0.4, -0.2) is 22.2 Å². The first kappa shape index (κ1) is 18.4. The summed E-state index contributed by atoms with van der Waals surface area (Å²) in [6.07, 6.45) is 0.552. The highest BCUT2D eigenvalue weighted by molar-refractivity contribution is 5.95. The Morgan fingerprint density at radius 3 is 1.50 bits per heavy atom. The number of carbonyl (C=O) groups is 2. The zero-order chi connectivity index (χ0) is 19.1. The molecule has 130 valence electrons. The highest BCUT2D eigenvalue weighted by Gasteiger charge is 2.10. The molecule has 0 fully saturated rings. The summed E-state index contributed by atoms with van der Waals surface area (Å²) in [6, 6.07) is 9.51. The Morgan fingerprint density at radius 2 is 1.15 bits per heavy atom. The van der Waals surface area contributed by atoms with E-state index in [0.717, 1.165) is 0 Å². The number of rotatable bonds is 4. The number of nitrogen functional groups attached to an aromatic ring is 2. The number of hydrogen-bond donors (Lipinski definition) is 4. The van der Waals surface area contributed by atoms with E-state index in [2.05, 4.69) is 23.7 Å². The smallest absolute Gasteiger partial charge is 0.337 e. The molecule has 0 saturated carbocycles. The van der Waals surface area contributed by atoms with Crippen LogP contribution in [0.1, 0.15) is 31.8 Å². The molecule has 2 aromatic carbocycles. The molecule has 2 rings (SSSR count). The van der Waals surface area contributed by atoms with Crippen molar-refractivity contribution < 1.29 is 19.8 Å². The second-order valence-electron chi connectivity index (χ2n) is 5.32. The van der Waals surface area contributed by atoms with Crippen molar-refractivity contribution in [1.29, 1.82) is 0 Å². The average molecular weight is 348 g/mol. The van der Waals surface area contributed by atoms with Crippen molar-refractivity contribution in [3.8, 4) is 23.7 Å². The number of aromatic carboxylic acids is 2. The Balaban J connectivity index is 2.05. The zero-order valence-electron chi connectivity index (χ0n) is 13.7. The van der Waals surface area contributed by atoms with Gasteiger partial charge in [0, 0.05) is 12.8 Å². The Bertz CT molecular complexity index is 907. The predicted octanol–water partition coefficient (Wildman–Crippen LogP) is 2.04. The van der Waals surface area contributed by atoms with Crippen LogP contribution in [0.25, 0.3) is 0 Å². The van der Waals surface area contributed by atoms with Crippen molar-refractivity contribution in [2.45, 2.75) is 12.8 Å². The summed E-state index contributed by atoms with van der Waals surface area (Å²) in [4.78, 5) is 22.1. The number of anilines is 2. The van der Waals surface area contributed by atoms with Gasteiger partial charge in [-0.3, -0.25) is 0 Å². The molecule has 0 aliphatic rings. The first-order valence-corrected chi connectivity index (χ1v) is 7.59. The van der Waals surface area contributed by atoms with E-state index < -0.39 is 11.9 Å². The molecule has 0 unspecified atom stereocenters. The molecule has 0 saturated heterocycles. The lowest BCUT2D eigenvalue weighted by Crippen LogP contribution is -2.05. The minimum atomic E-state index is -1.08. The lowest BCUT2D eigenvalue weighted by Gasteiger charge is -2.04. The first-order chi connectivity index (χ1) is 12.4. The minimum absolute atomic E-state index is 0.0455. The van der Waals surface area contributed by atoms with Gasteiger partial charge < -0.3 is 21.7 Å². The number of carboxylic acids is 2. The van der Waals surface area contributed by atoms with Crippen LogP contribution in [-0.2, 0) is 12.8 Å². The Hall–Kier alpha value is -3.90. The topological polar surface area (TPSA) is 127 Å². The van der Waals surface area contributed by atoms with E-state index in [4.69, 9.17) is 21.7 Å². The van der Waals surface area contributed by atoms with Crippen LogP contribution in [0, 0.1) is 23.7 Å². The van der Waals surface area contributed by atoms with E-state index in [1.54, 1.807) is 24.3 Å². The zero-order valence-corrected chi connectivity index (χ0v) is 13.7. The SMILES string of the molecule is Nc1c(CC#CC#CCc2cccc(C(=O)O)c2N)cccc1C(=O)O. The van der Waals surface area contributed by atoms with Crippen molar-refractivity contribution in [1.82, 2.24) is 0 Å². The van der Waals surface area contributed by atoms with Gasteiger partial charge in [0.25, 0.3) is 0 Å². The molecule has 6 heteroatoms. The molecule has 2 aromatic rings. The maximum atomic E-state index is 11.0. The molecule has 0 bridgehead atoms. The van der Waals surface area contributed by atoms with Gasteiger partial charge >= 0.3 is 11.9 Å². The van der Waals surface area contributed by atoms with Crippen LogP contribution >= 0.6 is 0 Å². The van der Waals surface area contributed by atoms with Crippen molar-refractivity contribution in [3.05, 3.63) is 58.7 Å². The van der Waals surface area contributed by atoms with Gasteiger partial charge in [-0.1, -0.05) is 36.1 Å². The number of para-hydroxylation sites is 2. The van der Waals surface area contributed by atoms with Crippen molar-refractivity contribution >= 4 is 23.3 Å². The molecule has 0 atom stereocenters. The fraction of sp³-hybridized carbons (Fsp3) is 0.100. The lowest BCUT2D eigenvalue weighted by molar-refractivity contribution is 0.0687. The normalized spacial score (nSPS) is 9.38. The molecule has 6 N–H and O–H groups in total. The highest BCUT2D eigenvalue weighted by Crippen LogP contribution is 2.18. The fourth-order valence-corrected chi connectivity index (χ4v) is 2.27. The number of nitrogens with two attached hydrogens (primary N) is 2. The first-order valence-electron chi connectivity index (χ1n) is 7.59. The van der Waals surface area contributed by atoms with Gasteiger partial charge in [-0.05, 0) is 35.1 Å². The van der Waals surface area contributed by atoms with Gasteiger partial charge in [0.1, 0.15) is 0 Å². The summed E-state index contributed by atoms with van der Waals surface area (Å²) >= 11 is 0. The summed E-state index contributed by atoms with van der Waals surface area (Å²) in [7, 11) is 0. The monoisotopic (exact) mass is 348 g/mol. The van der Waals surface area contributed by atoms with E-state index in [0.29, 0.717) is 11.1 Å². The van der Waals surface area contributed by atoms with Crippen molar-refractivity contribution in [2.24, 2.45) is 0 Å². The summed E-state index contributed by atoms with van der Waals surface area (Å²) < 4.78 is 0. The molecule has 0 spiro atoms. The average Bonchev–Trinajstić information content (AvgIpc) is 2.60. The maximum absolute atomic E-state index is 11.0. The van der Waals surface area contributed by atoms with E-state index in [1.165, 1.54) is 12.1 Å². The molecule has 0 heterocycles. The van der Waals surface area contributed by atoms with Crippen molar-refractivity contribution in [2.75, 3.05) is 11.5 Å². The van der Waals surface area contributed by atoms with E-state index >= 15 is 0 Å². The summed E-state index contributed by atoms with van der Waals surface area (Å²) in [5, 5.41) is 18.1. The maximum Gasteiger partial charge on any atom is 0.337 e. The third-order valence-electron chi connectivity index (χ3n) is 3.65. The van der Waals surface area contributed by atoms with Crippen LogP contribution in [0.2, 0.25) is 0 Å². The second kappa shape index (κ2) is 8.27. The third-order valence-corrected chi connectivity index (χ3v) is 3.65. The second-order valence-corrected chi connectivity index (χ2v) is 5.32. The molecule has 0 aliphatic carbocycles. The summed E-state index contributed by atoms with van der Waals surface area (Å²) in [5.41, 5.74) is 13.3. The molecule has 0 aliphatic heterocycles. The third kappa shape index (κ3) is 4.34. The Labute approximate surface area is 150 Å². The quantitative estimate of drug-likeness (QED) is 0.495. The molecule has 6 nitrogen and oxygen atoms in total. The Morgan fingerprint density at radius 1 is 0.769 bits per heavy atom. The van der Waals surface area contributed by atoms with Crippen LogP contribution in [0.3, 0.4) is 0 Å². The molecule has 0 radical (unpaired) electrons. The Kier molecular flexibility index (Phi) is 5.87. The van der Waals surface area contributed by atoms with Crippen molar-refractivity contribution in [3.63, 3.8) is 0 Å². The molecule has 0 aromatic heterocycles. The van der Waals surface area contributed by atoms with E-state index in [9.17, 15) is 9.59 Å². The van der Waals surface area contributed by atoms with Gasteiger partial charge in [0.05, 0.1) is 22.5 Å². The van der Waals surface area contributed by atoms with Gasteiger partial charge in [-0.25, -0.2) is 9.59 Å². The van der Waals surface area contributed by atoms with Crippen LogP contribution in [0.4, 0.5) is 11.4 Å². The molecular formula is C20H16N2O4. The van der Waals surface area contributed by atoms with Gasteiger partial charge in [-0.2, -0.15) is 0 Å². The van der Waals surface area contributed by atoms with Crippen LogP contribution < -0.4 is 11.5 Å². The van der Waals surface area contributed by atoms with Gasteiger partial charge in [0.2, 0.25) is 0 Å². The molecular weight excluding hydrogens is 332 g/mol. The molecule has 0 amide bonds. The van der Waals surface area contributed by atoms with Crippen LogP contribution in [0.15, 0.2) is 36.4 Å². The standard InChI is InChI=1S/C20H16N2O4/c21-17-13(9-5-11-15(17)19(23)24)7-3-1-2-4-8-14-10-6-12-16(18(14)22)20(25)26/h5-6,9-12H,7-8,21-22H2,(H,23,24)(H,25,26). The predicted molar refractivity (Wildman–Crippen MR) is 98.6 cm³/mol. The number of carboxylic acid groups (broad SMARTS) is 2. The number of benzene rings is 2. The van der Waals surface area contributed by atoms with E-state index in [-0.39, 0.29) is 35.3 Å². The van der Waals surface area contributed by atoms with Crippen LogP contribution in [0.5, 0.6) is 0 Å². The number of hydrogen-bond acceptors (Lipinski definition) is 4. The lowest BCUT2D eigenvalue weighted by atomic mass is 10.0. The summed E-state index contributed by atoms with van der Waals surface area (Å²) in [6.45, 7) is 0. The van der Waals surface area contributed by atoms with Gasteiger partial charge in [-0.15, -0.1) is 0 Å². The largest absolute Gasteiger partial charge is 0.478 e. The highest BCUT2D eigenvalue weighted by atomic mass is 16.4. The van der Waals surface area contributed by atoms with Gasteiger partial charge in [0.15, 0.2) is 0 Å². The minimum Gasteiger partial charge on any atom is -0.478 e.